The Kier molecular flexibility index (Phi) is 6.81. The lowest BCUT2D eigenvalue weighted by Crippen LogP contribution is -2.40. The number of aromatic nitrogens is 2. The minimum Gasteiger partial charge on any atom is -0.490 e. The van der Waals surface area contributed by atoms with E-state index >= 15 is 0 Å². The highest BCUT2D eigenvalue weighted by Gasteiger charge is 2.34. The number of hydrogen-bond donors (Lipinski definition) is 0. The number of sulfonamides is 1. The number of hydrogen-bond acceptors (Lipinski definition) is 6. The van der Waals surface area contributed by atoms with Crippen LogP contribution in [0, 0.1) is 12.8 Å². The molecule has 2 heterocycles. The van der Waals surface area contributed by atoms with Crippen LogP contribution >= 0.6 is 11.6 Å². The van der Waals surface area contributed by atoms with Crippen LogP contribution in [0.4, 0.5) is 0 Å². The summed E-state index contributed by atoms with van der Waals surface area (Å²) in [5.41, 5.74) is 0. The average molecular weight is 442 g/mol. The van der Waals surface area contributed by atoms with Crippen LogP contribution in [0.25, 0.3) is 0 Å². The van der Waals surface area contributed by atoms with E-state index in [1.165, 1.54) is 10.5 Å². The van der Waals surface area contributed by atoms with E-state index in [0.29, 0.717) is 29.4 Å². The number of benzene rings is 1. The molecule has 0 unspecified atom stereocenters. The summed E-state index contributed by atoms with van der Waals surface area (Å²) in [7, 11) is -1.90. The Balaban J connectivity index is 1.43. The van der Waals surface area contributed by atoms with Gasteiger partial charge >= 0.3 is 5.97 Å². The van der Waals surface area contributed by atoms with Crippen LogP contribution in [0.1, 0.15) is 18.7 Å². The fourth-order valence-corrected chi connectivity index (χ4v) is 4.69. The summed E-state index contributed by atoms with van der Waals surface area (Å²) in [6, 6.07) is 6.92. The van der Waals surface area contributed by atoms with Crippen molar-refractivity contribution in [2.45, 2.75) is 24.8 Å². The zero-order chi connectivity index (χ0) is 21.0. The van der Waals surface area contributed by atoms with E-state index in [2.05, 4.69) is 4.98 Å². The number of aryl methyl sites for hydroxylation is 2. The van der Waals surface area contributed by atoms with E-state index < -0.39 is 10.0 Å². The highest BCUT2D eigenvalue weighted by Crippen LogP contribution is 2.24. The number of imidazole rings is 1. The number of piperidine rings is 1. The van der Waals surface area contributed by atoms with Crippen molar-refractivity contribution in [1.29, 1.82) is 0 Å². The molecular weight excluding hydrogens is 418 g/mol. The summed E-state index contributed by atoms with van der Waals surface area (Å²) >= 11 is 5.81. The minimum atomic E-state index is -3.65. The van der Waals surface area contributed by atoms with Gasteiger partial charge in [-0.15, -0.1) is 0 Å². The van der Waals surface area contributed by atoms with Crippen LogP contribution in [0.5, 0.6) is 5.75 Å². The molecule has 1 aromatic carbocycles. The molecule has 0 N–H and O–H groups in total. The van der Waals surface area contributed by atoms with Gasteiger partial charge in [0, 0.05) is 31.4 Å². The Morgan fingerprint density at radius 3 is 2.45 bits per heavy atom. The predicted octanol–water partition coefficient (Wildman–Crippen LogP) is 2.40. The lowest BCUT2D eigenvalue weighted by molar-refractivity contribution is -0.150. The first-order valence-corrected chi connectivity index (χ1v) is 11.1. The van der Waals surface area contributed by atoms with Crippen LogP contribution in [0.15, 0.2) is 35.5 Å². The fourth-order valence-electron chi connectivity index (χ4n) is 3.07. The number of nitrogens with zero attached hydrogens (tertiary/aromatic N) is 3. The standard InChI is InChI=1S/C19H24ClN3O5S/c1-14-21-18(13-22(14)2)29(25,26)23-9-7-15(8-10-23)19(24)28-12-11-27-17-5-3-16(20)4-6-17/h3-6,13,15H,7-12H2,1-2H3. The van der Waals surface area contributed by atoms with Gasteiger partial charge in [-0.1, -0.05) is 11.6 Å². The van der Waals surface area contributed by atoms with Crippen LogP contribution in [-0.4, -0.2) is 54.5 Å². The number of carbonyl (C=O) groups is 1. The third kappa shape index (κ3) is 5.29. The maximum Gasteiger partial charge on any atom is 0.309 e. The van der Waals surface area contributed by atoms with Gasteiger partial charge in [0.05, 0.1) is 5.92 Å². The smallest absolute Gasteiger partial charge is 0.309 e. The van der Waals surface area contributed by atoms with Crippen LogP contribution in [0.2, 0.25) is 5.02 Å². The SMILES string of the molecule is Cc1nc(S(=O)(=O)N2CCC(C(=O)OCCOc3ccc(Cl)cc3)CC2)cn1C. The van der Waals surface area contributed by atoms with E-state index in [4.69, 9.17) is 21.1 Å². The summed E-state index contributed by atoms with van der Waals surface area (Å²) in [4.78, 5) is 16.4. The molecule has 0 spiro atoms. The van der Waals surface area contributed by atoms with Crippen LogP contribution < -0.4 is 4.74 Å². The second-order valence-corrected chi connectivity index (χ2v) is 9.21. The maximum atomic E-state index is 12.7. The molecule has 0 saturated carbocycles. The van der Waals surface area contributed by atoms with Crippen molar-refractivity contribution in [1.82, 2.24) is 13.9 Å². The van der Waals surface area contributed by atoms with Crippen molar-refractivity contribution in [2.75, 3.05) is 26.3 Å². The van der Waals surface area contributed by atoms with E-state index in [1.807, 2.05) is 0 Å². The Labute approximate surface area is 175 Å². The molecule has 0 aliphatic carbocycles. The normalized spacial score (nSPS) is 16.0. The first-order valence-electron chi connectivity index (χ1n) is 9.32. The van der Waals surface area contributed by atoms with Gasteiger partial charge in [-0.3, -0.25) is 4.79 Å². The summed E-state index contributed by atoms with van der Waals surface area (Å²) in [6.07, 6.45) is 2.34. The molecule has 29 heavy (non-hydrogen) atoms. The molecule has 1 saturated heterocycles. The molecule has 0 bridgehead atoms. The van der Waals surface area contributed by atoms with Gasteiger partial charge < -0.3 is 14.0 Å². The van der Waals surface area contributed by atoms with Crippen molar-refractivity contribution in [3.63, 3.8) is 0 Å². The van der Waals surface area contributed by atoms with Gasteiger partial charge in [-0.2, -0.15) is 4.31 Å². The molecule has 0 amide bonds. The van der Waals surface area contributed by atoms with Crippen LogP contribution in [0.3, 0.4) is 0 Å². The van der Waals surface area contributed by atoms with Crippen LogP contribution in [-0.2, 0) is 26.6 Å². The molecular formula is C19H24ClN3O5S. The summed E-state index contributed by atoms with van der Waals surface area (Å²) < 4.78 is 39.2. The molecule has 0 atom stereocenters. The van der Waals surface area contributed by atoms with Gasteiger partial charge in [0.1, 0.15) is 24.8 Å². The van der Waals surface area contributed by atoms with E-state index in [9.17, 15) is 13.2 Å². The van der Waals surface area contributed by atoms with Crippen molar-refractivity contribution in [2.24, 2.45) is 13.0 Å². The fraction of sp³-hybridized carbons (Fsp3) is 0.474. The second-order valence-electron chi connectivity index (χ2n) is 6.89. The molecule has 2 aromatic rings. The minimum absolute atomic E-state index is 0.0397. The highest BCUT2D eigenvalue weighted by atomic mass is 35.5. The van der Waals surface area contributed by atoms with Gasteiger partial charge in [0.25, 0.3) is 10.0 Å². The number of rotatable bonds is 7. The first kappa shape index (κ1) is 21.6. The topological polar surface area (TPSA) is 90.7 Å². The largest absolute Gasteiger partial charge is 0.490 e. The Hall–Kier alpha value is -2.10. The molecule has 3 rings (SSSR count). The number of ether oxygens (including phenoxy) is 2. The molecule has 1 aliphatic heterocycles. The van der Waals surface area contributed by atoms with Crippen molar-refractivity contribution < 1.29 is 22.7 Å². The first-order chi connectivity index (χ1) is 13.8. The highest BCUT2D eigenvalue weighted by molar-refractivity contribution is 7.89. The lowest BCUT2D eigenvalue weighted by Gasteiger charge is -2.29. The summed E-state index contributed by atoms with van der Waals surface area (Å²) in [5, 5.41) is 0.660. The molecule has 0 radical (unpaired) electrons. The number of halogens is 1. The molecule has 10 heteroatoms. The van der Waals surface area contributed by atoms with Gasteiger partial charge in [-0.05, 0) is 44.0 Å². The molecule has 1 aliphatic rings. The molecule has 1 fully saturated rings. The van der Waals surface area contributed by atoms with Gasteiger partial charge in [0.2, 0.25) is 0 Å². The molecule has 158 valence electrons. The molecule has 1 aromatic heterocycles. The predicted molar refractivity (Wildman–Crippen MR) is 107 cm³/mol. The molecule has 8 nitrogen and oxygen atoms in total. The number of esters is 1. The quantitative estimate of drug-likeness (QED) is 0.484. The Bertz CT molecular complexity index is 931. The van der Waals surface area contributed by atoms with E-state index in [-0.39, 0.29) is 43.2 Å². The Morgan fingerprint density at radius 2 is 1.86 bits per heavy atom. The van der Waals surface area contributed by atoms with Gasteiger partial charge in [-0.25, -0.2) is 13.4 Å². The van der Waals surface area contributed by atoms with E-state index in [0.717, 1.165) is 0 Å². The Morgan fingerprint density at radius 1 is 1.21 bits per heavy atom. The lowest BCUT2D eigenvalue weighted by atomic mass is 9.98. The monoisotopic (exact) mass is 441 g/mol. The summed E-state index contributed by atoms with van der Waals surface area (Å²) in [6.45, 7) is 2.64. The maximum absolute atomic E-state index is 12.7. The average Bonchev–Trinajstić information content (AvgIpc) is 3.06. The number of carbonyl (C=O) groups excluding carboxylic acids is 1. The van der Waals surface area contributed by atoms with Crippen molar-refractivity contribution in [3.8, 4) is 5.75 Å². The van der Waals surface area contributed by atoms with Crippen molar-refractivity contribution in [3.05, 3.63) is 41.3 Å². The third-order valence-corrected chi connectivity index (χ3v) is 6.91. The summed E-state index contributed by atoms with van der Waals surface area (Å²) in [5.74, 6) is 0.634. The third-order valence-electron chi connectivity index (χ3n) is 4.89. The zero-order valence-electron chi connectivity index (χ0n) is 16.4. The van der Waals surface area contributed by atoms with E-state index in [1.54, 1.807) is 42.8 Å². The van der Waals surface area contributed by atoms with Gasteiger partial charge in [0.15, 0.2) is 5.03 Å². The second kappa shape index (κ2) is 9.15. The van der Waals surface area contributed by atoms with Crippen molar-refractivity contribution >= 4 is 27.6 Å². The zero-order valence-corrected chi connectivity index (χ0v) is 17.9.